The molecule has 1 aliphatic heterocycles. The zero-order valence-electron chi connectivity index (χ0n) is 7.92. The summed E-state index contributed by atoms with van der Waals surface area (Å²) in [6, 6.07) is 6.03. The number of benzene rings is 1. The second-order valence-corrected chi connectivity index (χ2v) is 3.04. The molecule has 0 aliphatic carbocycles. The van der Waals surface area contributed by atoms with E-state index in [0.29, 0.717) is 6.73 Å². The Kier molecular flexibility index (Phi) is 4.00. The Bertz CT molecular complexity index is 278. The summed E-state index contributed by atoms with van der Waals surface area (Å²) in [7, 11) is 2.65. The van der Waals surface area contributed by atoms with E-state index in [1.165, 1.54) is 5.30 Å². The van der Waals surface area contributed by atoms with Crippen LogP contribution in [0.25, 0.3) is 0 Å². The van der Waals surface area contributed by atoms with Crippen LogP contribution in [-0.2, 0) is 4.84 Å². The van der Waals surface area contributed by atoms with E-state index in [1.807, 2.05) is 26.0 Å². The van der Waals surface area contributed by atoms with Gasteiger partial charge in [-0.25, -0.2) is 0 Å². The van der Waals surface area contributed by atoms with E-state index in [4.69, 9.17) is 4.84 Å². The summed E-state index contributed by atoms with van der Waals surface area (Å²) in [6.45, 7) is 4.51. The summed E-state index contributed by atoms with van der Waals surface area (Å²) in [4.78, 5) is 4.97. The summed E-state index contributed by atoms with van der Waals surface area (Å²) >= 11 is 0. The zero-order chi connectivity index (χ0) is 9.68. The lowest BCUT2D eigenvalue weighted by Gasteiger charge is -2.19. The van der Waals surface area contributed by atoms with Crippen molar-refractivity contribution in [3.63, 3.8) is 0 Å². The SMILES string of the molecule is CC.Pc1ccc2c(c1)NCON2. The fourth-order valence-corrected chi connectivity index (χ4v) is 1.29. The highest BCUT2D eigenvalue weighted by atomic mass is 31.0. The van der Waals surface area contributed by atoms with E-state index < -0.39 is 0 Å². The summed E-state index contributed by atoms with van der Waals surface area (Å²) in [5, 5.41) is 4.27. The van der Waals surface area contributed by atoms with Crippen molar-refractivity contribution in [1.29, 1.82) is 0 Å². The molecule has 0 radical (unpaired) electrons. The van der Waals surface area contributed by atoms with Gasteiger partial charge >= 0.3 is 0 Å². The molecule has 4 heteroatoms. The molecular weight excluding hydrogens is 183 g/mol. The van der Waals surface area contributed by atoms with Crippen LogP contribution in [0.1, 0.15) is 13.8 Å². The molecule has 0 saturated carbocycles. The van der Waals surface area contributed by atoms with Crippen molar-refractivity contribution < 1.29 is 4.84 Å². The molecule has 3 nitrogen and oxygen atoms in total. The van der Waals surface area contributed by atoms with E-state index >= 15 is 0 Å². The molecule has 72 valence electrons. The van der Waals surface area contributed by atoms with Crippen molar-refractivity contribution in [2.75, 3.05) is 17.5 Å². The van der Waals surface area contributed by atoms with Gasteiger partial charge in [0.05, 0.1) is 11.4 Å². The monoisotopic (exact) mass is 198 g/mol. The highest BCUT2D eigenvalue weighted by molar-refractivity contribution is 7.27. The van der Waals surface area contributed by atoms with Crippen LogP contribution in [0.3, 0.4) is 0 Å². The van der Waals surface area contributed by atoms with Gasteiger partial charge in [-0.3, -0.25) is 10.3 Å². The average Bonchev–Trinajstić information content (AvgIpc) is 2.21. The molecule has 1 heterocycles. The molecule has 0 bridgehead atoms. The number of fused-ring (bicyclic) bond motifs is 1. The second-order valence-electron chi connectivity index (χ2n) is 2.37. The third-order valence-electron chi connectivity index (χ3n) is 1.56. The molecule has 2 N–H and O–H groups in total. The van der Waals surface area contributed by atoms with Gasteiger partial charge in [0.15, 0.2) is 0 Å². The van der Waals surface area contributed by atoms with E-state index in [9.17, 15) is 0 Å². The number of hydrogen-bond acceptors (Lipinski definition) is 3. The smallest absolute Gasteiger partial charge is 0.144 e. The first-order valence-corrected chi connectivity index (χ1v) is 4.95. The molecule has 13 heavy (non-hydrogen) atoms. The fraction of sp³-hybridized carbons (Fsp3) is 0.333. The fourth-order valence-electron chi connectivity index (χ4n) is 1.02. The van der Waals surface area contributed by atoms with Crippen LogP contribution in [0.5, 0.6) is 0 Å². The maximum Gasteiger partial charge on any atom is 0.144 e. The van der Waals surface area contributed by atoms with Crippen molar-refractivity contribution in [1.82, 2.24) is 0 Å². The third-order valence-corrected chi connectivity index (χ3v) is 1.92. The predicted octanol–water partition coefficient (Wildman–Crippen LogP) is 1.94. The maximum absolute atomic E-state index is 4.97. The summed E-state index contributed by atoms with van der Waals surface area (Å²) < 4.78 is 0. The lowest BCUT2D eigenvalue weighted by Crippen LogP contribution is -2.18. The molecular formula is C9H15N2OP. The van der Waals surface area contributed by atoms with E-state index in [2.05, 4.69) is 26.1 Å². The van der Waals surface area contributed by atoms with Crippen LogP contribution in [-0.4, -0.2) is 6.73 Å². The van der Waals surface area contributed by atoms with Gasteiger partial charge in [0.2, 0.25) is 0 Å². The Morgan fingerprint density at radius 3 is 2.85 bits per heavy atom. The van der Waals surface area contributed by atoms with Gasteiger partial charge in [-0.1, -0.05) is 19.9 Å². The lowest BCUT2D eigenvalue weighted by atomic mass is 10.2. The molecule has 1 aliphatic rings. The number of nitrogens with one attached hydrogen (secondary N) is 2. The molecule has 1 atom stereocenters. The quantitative estimate of drug-likeness (QED) is 0.625. The van der Waals surface area contributed by atoms with Crippen LogP contribution in [0.2, 0.25) is 0 Å². The first-order valence-electron chi connectivity index (χ1n) is 4.37. The largest absolute Gasteiger partial charge is 0.359 e. The Balaban J connectivity index is 0.000000396. The molecule has 0 saturated heterocycles. The second kappa shape index (κ2) is 5.05. The third kappa shape index (κ3) is 2.58. The van der Waals surface area contributed by atoms with Gasteiger partial charge in [0.1, 0.15) is 6.73 Å². The van der Waals surface area contributed by atoms with Crippen LogP contribution in [0.15, 0.2) is 18.2 Å². The van der Waals surface area contributed by atoms with Crippen molar-refractivity contribution in [2.24, 2.45) is 0 Å². The lowest BCUT2D eigenvalue weighted by molar-refractivity contribution is 0.209. The van der Waals surface area contributed by atoms with E-state index in [0.717, 1.165) is 11.4 Å². The summed E-state index contributed by atoms with van der Waals surface area (Å²) in [6.07, 6.45) is 0. The Labute approximate surface area is 81.0 Å². The number of hydrogen-bond donors (Lipinski definition) is 2. The van der Waals surface area contributed by atoms with Gasteiger partial charge in [0, 0.05) is 0 Å². The van der Waals surface area contributed by atoms with E-state index in [-0.39, 0.29) is 0 Å². The average molecular weight is 198 g/mol. The first-order chi connectivity index (χ1) is 6.36. The van der Waals surface area contributed by atoms with Gasteiger partial charge in [-0.15, -0.1) is 9.24 Å². The van der Waals surface area contributed by atoms with Crippen LogP contribution >= 0.6 is 9.24 Å². The zero-order valence-corrected chi connectivity index (χ0v) is 9.08. The predicted molar refractivity (Wildman–Crippen MR) is 60.3 cm³/mol. The Morgan fingerprint density at radius 2 is 2.08 bits per heavy atom. The molecule has 0 aromatic heterocycles. The van der Waals surface area contributed by atoms with Crippen molar-refractivity contribution in [2.45, 2.75) is 13.8 Å². The minimum atomic E-state index is 0.515. The summed E-state index contributed by atoms with van der Waals surface area (Å²) in [5.41, 5.74) is 4.89. The molecule has 0 fully saturated rings. The highest BCUT2D eigenvalue weighted by Gasteiger charge is 2.06. The minimum absolute atomic E-state index is 0.515. The highest BCUT2D eigenvalue weighted by Crippen LogP contribution is 2.22. The van der Waals surface area contributed by atoms with Gasteiger partial charge < -0.3 is 5.32 Å². The van der Waals surface area contributed by atoms with Crippen LogP contribution < -0.4 is 16.1 Å². The first kappa shape index (κ1) is 10.3. The molecule has 1 unspecified atom stereocenters. The van der Waals surface area contributed by atoms with Crippen molar-refractivity contribution >= 4 is 25.9 Å². The van der Waals surface area contributed by atoms with Gasteiger partial charge in [-0.05, 0) is 17.4 Å². The van der Waals surface area contributed by atoms with Crippen molar-refractivity contribution in [3.8, 4) is 0 Å². The van der Waals surface area contributed by atoms with Crippen LogP contribution in [0, 0.1) is 0 Å². The molecule has 0 amide bonds. The van der Waals surface area contributed by atoms with Gasteiger partial charge in [0.25, 0.3) is 0 Å². The number of rotatable bonds is 0. The molecule has 1 aromatic carbocycles. The van der Waals surface area contributed by atoms with Gasteiger partial charge in [-0.2, -0.15) is 0 Å². The minimum Gasteiger partial charge on any atom is -0.359 e. The Hall–Kier alpha value is -0.790. The maximum atomic E-state index is 4.97. The molecule has 1 aromatic rings. The number of anilines is 2. The summed E-state index contributed by atoms with van der Waals surface area (Å²) in [5.74, 6) is 0. The topological polar surface area (TPSA) is 33.3 Å². The standard InChI is InChI=1S/C7H9N2OP.C2H6/c11-5-1-2-6-7(3-5)8-4-10-9-6;1-2/h1-3,8-9H,4,11H2;1-2H3. The molecule has 0 spiro atoms. The molecule has 2 rings (SSSR count). The Morgan fingerprint density at radius 1 is 1.31 bits per heavy atom. The normalized spacial score (nSPS) is 12.8. The van der Waals surface area contributed by atoms with E-state index in [1.54, 1.807) is 0 Å². The van der Waals surface area contributed by atoms with Crippen molar-refractivity contribution in [3.05, 3.63) is 18.2 Å². The van der Waals surface area contributed by atoms with Crippen LogP contribution in [0.4, 0.5) is 11.4 Å².